The summed E-state index contributed by atoms with van der Waals surface area (Å²) in [7, 11) is 0. The smallest absolute Gasteiger partial charge is 0.0774 e. The van der Waals surface area contributed by atoms with E-state index in [9.17, 15) is 5.11 Å². The van der Waals surface area contributed by atoms with Gasteiger partial charge in [-0.25, -0.2) is 0 Å². The zero-order valence-corrected chi connectivity index (χ0v) is 17.5. The number of hydrogen-bond donors (Lipinski definition) is 1. The minimum Gasteiger partial charge on any atom is -0.391 e. The van der Waals surface area contributed by atoms with Crippen molar-refractivity contribution in [3.8, 4) is 0 Å². The molecular formula is C24H13NOS3. The minimum atomic E-state index is 0.0933. The molecule has 0 bridgehead atoms. The number of rotatable bonds is 1. The maximum atomic E-state index is 9.68. The molecule has 2 nitrogen and oxygen atoms in total. The second-order valence-corrected chi connectivity index (χ2v) is 10.6. The van der Waals surface area contributed by atoms with Gasteiger partial charge in [0.2, 0.25) is 0 Å². The van der Waals surface area contributed by atoms with Crippen LogP contribution in [0.25, 0.3) is 61.3 Å². The molecule has 0 saturated carbocycles. The van der Waals surface area contributed by atoms with Crippen LogP contribution in [0.4, 0.5) is 0 Å². The SMILES string of the molecule is OCc1cc2c(ccc3sc4ccc5sc6ccc7ncccc7c6c5c4c32)s1. The van der Waals surface area contributed by atoms with Gasteiger partial charge in [-0.3, -0.25) is 4.98 Å². The van der Waals surface area contributed by atoms with Gasteiger partial charge in [-0.15, -0.1) is 34.0 Å². The summed E-state index contributed by atoms with van der Waals surface area (Å²) in [4.78, 5) is 5.61. The molecule has 4 aromatic heterocycles. The van der Waals surface area contributed by atoms with E-state index < -0.39 is 0 Å². The molecule has 0 amide bonds. The van der Waals surface area contributed by atoms with Gasteiger partial charge in [0.05, 0.1) is 12.1 Å². The van der Waals surface area contributed by atoms with E-state index in [0.717, 1.165) is 10.4 Å². The van der Waals surface area contributed by atoms with Gasteiger partial charge in [-0.1, -0.05) is 6.07 Å². The number of benzene rings is 3. The highest BCUT2D eigenvalue weighted by molar-refractivity contribution is 7.28. The second kappa shape index (κ2) is 5.74. The van der Waals surface area contributed by atoms with Crippen LogP contribution in [0.1, 0.15) is 4.88 Å². The van der Waals surface area contributed by atoms with Crippen molar-refractivity contribution in [1.82, 2.24) is 4.98 Å². The highest BCUT2D eigenvalue weighted by atomic mass is 32.1. The standard InChI is InChI=1S/C24H13NOS3/c26-11-12-10-14-16(27-12)5-6-18-22(14)24-20(29-18)8-7-19-23(24)21-13-2-1-9-25-15(13)3-4-17(21)28-19/h1-10,26H,11H2. The quantitative estimate of drug-likeness (QED) is 0.291. The van der Waals surface area contributed by atoms with Crippen LogP contribution in [0.5, 0.6) is 0 Å². The molecule has 5 heteroatoms. The Bertz CT molecular complexity index is 1750. The summed E-state index contributed by atoms with van der Waals surface area (Å²) < 4.78 is 6.49. The van der Waals surface area contributed by atoms with Crippen molar-refractivity contribution in [2.45, 2.75) is 6.61 Å². The molecule has 0 aliphatic rings. The van der Waals surface area contributed by atoms with Gasteiger partial charge in [0.1, 0.15) is 0 Å². The lowest BCUT2D eigenvalue weighted by atomic mass is 10.0. The van der Waals surface area contributed by atoms with E-state index in [2.05, 4.69) is 53.5 Å². The summed E-state index contributed by atoms with van der Waals surface area (Å²) in [6.07, 6.45) is 1.86. The van der Waals surface area contributed by atoms with E-state index in [4.69, 9.17) is 0 Å². The fourth-order valence-electron chi connectivity index (χ4n) is 4.51. The molecule has 7 aromatic rings. The van der Waals surface area contributed by atoms with Crippen molar-refractivity contribution in [2.75, 3.05) is 0 Å². The molecule has 3 aromatic carbocycles. The summed E-state index contributed by atoms with van der Waals surface area (Å²) in [5, 5.41) is 17.5. The normalized spacial score (nSPS) is 12.4. The Morgan fingerprint density at radius 3 is 2.00 bits per heavy atom. The zero-order valence-electron chi connectivity index (χ0n) is 15.1. The number of nitrogens with zero attached hydrogens (tertiary/aromatic N) is 1. The van der Waals surface area contributed by atoms with Crippen LogP contribution < -0.4 is 0 Å². The highest BCUT2D eigenvalue weighted by Gasteiger charge is 2.18. The molecule has 1 N–H and O–H groups in total. The number of fused-ring (bicyclic) bond motifs is 11. The molecule has 4 heterocycles. The largest absolute Gasteiger partial charge is 0.391 e. The molecule has 138 valence electrons. The third-order valence-corrected chi connectivity index (χ3v) is 9.01. The van der Waals surface area contributed by atoms with Gasteiger partial charge < -0.3 is 5.11 Å². The summed E-state index contributed by atoms with van der Waals surface area (Å²) >= 11 is 5.40. The number of aliphatic hydroxyl groups is 1. The van der Waals surface area contributed by atoms with Gasteiger partial charge in [0, 0.05) is 66.9 Å². The lowest BCUT2D eigenvalue weighted by Gasteiger charge is -2.02. The Morgan fingerprint density at radius 2 is 1.28 bits per heavy atom. The van der Waals surface area contributed by atoms with Crippen molar-refractivity contribution in [3.63, 3.8) is 0 Å². The van der Waals surface area contributed by atoms with Crippen LogP contribution in [0.3, 0.4) is 0 Å². The third-order valence-electron chi connectivity index (χ3n) is 5.69. The van der Waals surface area contributed by atoms with E-state index in [1.54, 1.807) is 11.3 Å². The van der Waals surface area contributed by atoms with Crippen LogP contribution in [0.2, 0.25) is 0 Å². The number of thiophene rings is 3. The number of aromatic nitrogens is 1. The molecule has 0 aliphatic carbocycles. The van der Waals surface area contributed by atoms with Gasteiger partial charge in [-0.2, -0.15) is 0 Å². The zero-order chi connectivity index (χ0) is 19.1. The molecule has 29 heavy (non-hydrogen) atoms. The third kappa shape index (κ3) is 2.11. The van der Waals surface area contributed by atoms with E-state index in [0.29, 0.717) is 0 Å². The van der Waals surface area contributed by atoms with E-state index in [1.807, 2.05) is 34.9 Å². The van der Waals surface area contributed by atoms with Crippen LogP contribution in [0.15, 0.2) is 60.8 Å². The number of pyridine rings is 1. The van der Waals surface area contributed by atoms with Crippen LogP contribution in [0, 0.1) is 0 Å². The summed E-state index contributed by atoms with van der Waals surface area (Å²) in [6, 6.07) is 19.7. The van der Waals surface area contributed by atoms with Gasteiger partial charge in [-0.05, 0) is 48.5 Å². The van der Waals surface area contributed by atoms with Gasteiger partial charge >= 0.3 is 0 Å². The Kier molecular flexibility index (Phi) is 3.22. The van der Waals surface area contributed by atoms with Gasteiger partial charge in [0.25, 0.3) is 0 Å². The highest BCUT2D eigenvalue weighted by Crippen LogP contribution is 2.48. The molecule has 0 unspecified atom stereocenters. The first-order chi connectivity index (χ1) is 14.3. The predicted octanol–water partition coefficient (Wildman–Crippen LogP) is 7.68. The summed E-state index contributed by atoms with van der Waals surface area (Å²) in [5.41, 5.74) is 1.04. The first-order valence-electron chi connectivity index (χ1n) is 9.39. The van der Waals surface area contributed by atoms with E-state index in [1.165, 1.54) is 55.8 Å². The summed E-state index contributed by atoms with van der Waals surface area (Å²) in [5.74, 6) is 0. The first-order valence-corrected chi connectivity index (χ1v) is 11.8. The topological polar surface area (TPSA) is 33.1 Å². The second-order valence-electron chi connectivity index (χ2n) is 7.25. The maximum Gasteiger partial charge on any atom is 0.0774 e. The monoisotopic (exact) mass is 427 g/mol. The summed E-state index contributed by atoms with van der Waals surface area (Å²) in [6.45, 7) is 0.0933. The Balaban J connectivity index is 1.82. The maximum absolute atomic E-state index is 9.68. The Morgan fingerprint density at radius 1 is 0.655 bits per heavy atom. The van der Waals surface area contributed by atoms with E-state index in [-0.39, 0.29) is 6.61 Å². The van der Waals surface area contributed by atoms with Crippen molar-refractivity contribution in [2.24, 2.45) is 0 Å². The van der Waals surface area contributed by atoms with Crippen molar-refractivity contribution in [3.05, 3.63) is 65.7 Å². The molecular weight excluding hydrogens is 414 g/mol. The molecule has 0 saturated heterocycles. The minimum absolute atomic E-state index is 0.0933. The van der Waals surface area contributed by atoms with Crippen LogP contribution >= 0.6 is 34.0 Å². The number of aliphatic hydroxyl groups excluding tert-OH is 1. The first kappa shape index (κ1) is 16.3. The average Bonchev–Trinajstić information content (AvgIpc) is 3.44. The fourth-order valence-corrected chi connectivity index (χ4v) is 7.70. The van der Waals surface area contributed by atoms with Crippen molar-refractivity contribution >= 4 is 95.3 Å². The Hall–Kier alpha value is -2.57. The molecule has 0 radical (unpaired) electrons. The Labute approximate surface area is 177 Å². The molecule has 0 aliphatic heterocycles. The molecule has 0 spiro atoms. The molecule has 7 rings (SSSR count). The van der Waals surface area contributed by atoms with E-state index >= 15 is 0 Å². The lowest BCUT2D eigenvalue weighted by molar-refractivity contribution is 0.285. The fraction of sp³-hybridized carbons (Fsp3) is 0.0417. The lowest BCUT2D eigenvalue weighted by Crippen LogP contribution is -1.78. The molecule has 0 atom stereocenters. The van der Waals surface area contributed by atoms with Crippen LogP contribution in [-0.2, 0) is 6.61 Å². The predicted molar refractivity (Wildman–Crippen MR) is 129 cm³/mol. The van der Waals surface area contributed by atoms with Crippen molar-refractivity contribution in [1.29, 1.82) is 0 Å². The van der Waals surface area contributed by atoms with Crippen LogP contribution in [-0.4, -0.2) is 10.1 Å². The molecule has 0 fully saturated rings. The van der Waals surface area contributed by atoms with Crippen molar-refractivity contribution < 1.29 is 5.11 Å². The number of hydrogen-bond acceptors (Lipinski definition) is 5. The average molecular weight is 428 g/mol. The van der Waals surface area contributed by atoms with Gasteiger partial charge in [0.15, 0.2) is 0 Å².